The maximum Gasteiger partial charge on any atom is 0.281 e. The van der Waals surface area contributed by atoms with Crippen molar-refractivity contribution >= 4 is 27.6 Å². The van der Waals surface area contributed by atoms with Gasteiger partial charge >= 0.3 is 0 Å². The smallest absolute Gasteiger partial charge is 0.281 e. The van der Waals surface area contributed by atoms with Crippen LogP contribution in [0.15, 0.2) is 53.6 Å². The van der Waals surface area contributed by atoms with Gasteiger partial charge in [-0.2, -0.15) is 8.42 Å². The number of amides is 1. The average molecular weight is 498 g/mol. The molecule has 0 bridgehead atoms. The molecule has 10 heteroatoms. The summed E-state index contributed by atoms with van der Waals surface area (Å²) in [5.41, 5.74) is 7.28. The number of hydrogen-bond donors (Lipinski definition) is 2. The molecular weight excluding hydrogens is 469 g/mol. The topological polar surface area (TPSA) is 118 Å². The van der Waals surface area contributed by atoms with Crippen molar-refractivity contribution in [1.29, 1.82) is 0 Å². The highest BCUT2D eigenvalue weighted by atomic mass is 32.2. The minimum absolute atomic E-state index is 0.0188. The number of halogens is 1. The van der Waals surface area contributed by atoms with Gasteiger partial charge in [0.25, 0.3) is 15.9 Å². The molecule has 4 rings (SSSR count). The summed E-state index contributed by atoms with van der Waals surface area (Å²) in [4.78, 5) is 23.9. The fourth-order valence-electron chi connectivity index (χ4n) is 4.27. The second-order valence-electron chi connectivity index (χ2n) is 9.36. The van der Waals surface area contributed by atoms with Gasteiger partial charge in [-0.1, -0.05) is 19.1 Å². The number of carbonyl (C=O) groups excluding carboxylic acids is 1. The predicted octanol–water partition coefficient (Wildman–Crippen LogP) is 3.92. The molecule has 1 amide bonds. The molecule has 1 aliphatic rings. The van der Waals surface area contributed by atoms with Crippen LogP contribution >= 0.6 is 0 Å². The van der Waals surface area contributed by atoms with Crippen LogP contribution in [0.4, 0.5) is 16.0 Å². The molecule has 3 heterocycles. The third-order valence-corrected chi connectivity index (χ3v) is 8.02. The number of carbonyl (C=O) groups is 1. The van der Waals surface area contributed by atoms with E-state index in [0.29, 0.717) is 29.5 Å². The number of nitrogens with one attached hydrogen (secondary N) is 1. The van der Waals surface area contributed by atoms with Gasteiger partial charge < -0.3 is 10.6 Å². The molecule has 0 radical (unpaired) electrons. The third-order valence-electron chi connectivity index (χ3n) is 6.79. The van der Waals surface area contributed by atoms with Crippen molar-refractivity contribution in [2.24, 2.45) is 5.92 Å². The van der Waals surface area contributed by atoms with Gasteiger partial charge in [0, 0.05) is 17.6 Å². The Balaban J connectivity index is 1.80. The highest BCUT2D eigenvalue weighted by Crippen LogP contribution is 2.39. The van der Waals surface area contributed by atoms with Crippen molar-refractivity contribution in [3.05, 3.63) is 65.5 Å². The number of anilines is 2. The minimum Gasteiger partial charge on any atom is -0.384 e. The maximum atomic E-state index is 14.0. The third kappa shape index (κ3) is 4.70. The van der Waals surface area contributed by atoms with Crippen molar-refractivity contribution in [1.82, 2.24) is 14.7 Å². The molecule has 35 heavy (non-hydrogen) atoms. The molecule has 1 atom stereocenters. The summed E-state index contributed by atoms with van der Waals surface area (Å²) in [6, 6.07) is 11.7. The van der Waals surface area contributed by atoms with E-state index in [2.05, 4.69) is 30.5 Å². The first kappa shape index (κ1) is 24.6. The molecule has 3 N–H and O–H groups in total. The molecule has 2 aromatic heterocycles. The lowest BCUT2D eigenvalue weighted by molar-refractivity contribution is 0.0981. The van der Waals surface area contributed by atoms with Crippen LogP contribution in [0.5, 0.6) is 0 Å². The van der Waals surface area contributed by atoms with E-state index in [1.54, 1.807) is 12.1 Å². The Morgan fingerprint density at radius 3 is 2.57 bits per heavy atom. The van der Waals surface area contributed by atoms with Gasteiger partial charge in [0.2, 0.25) is 0 Å². The van der Waals surface area contributed by atoms with Crippen LogP contribution in [-0.4, -0.2) is 36.4 Å². The summed E-state index contributed by atoms with van der Waals surface area (Å²) in [7, 11) is -4.27. The molecule has 0 saturated carbocycles. The van der Waals surface area contributed by atoms with Gasteiger partial charge in [-0.05, 0) is 75.1 Å². The van der Waals surface area contributed by atoms with E-state index in [9.17, 15) is 17.6 Å². The molecule has 1 aromatic carbocycles. The standard InChI is InChI=1S/C25H28FN5O3S/c1-15-8-9-17(26)14-19(15)20-11-10-18(23(28-20)31-13-12-16(2)25(31,3)4)24(32)30-35(33,34)22-7-5-6-21(27)29-22/h5-11,14,16H,12-13H2,1-4H3,(H2,27,29)(H,30,32). The number of nitrogens with two attached hydrogens (primary N) is 1. The zero-order valence-corrected chi connectivity index (χ0v) is 20.9. The summed E-state index contributed by atoms with van der Waals surface area (Å²) in [5.74, 6) is -0.569. The van der Waals surface area contributed by atoms with Crippen molar-refractivity contribution < 1.29 is 17.6 Å². The van der Waals surface area contributed by atoms with Gasteiger partial charge in [0.05, 0.1) is 11.3 Å². The molecular formula is C25H28FN5O3S. The number of aromatic nitrogens is 2. The first-order chi connectivity index (χ1) is 16.4. The van der Waals surface area contributed by atoms with Crippen LogP contribution in [0.25, 0.3) is 11.3 Å². The summed E-state index contributed by atoms with van der Waals surface area (Å²) in [6.45, 7) is 8.72. The summed E-state index contributed by atoms with van der Waals surface area (Å²) in [5, 5.41) is -0.359. The van der Waals surface area contributed by atoms with Crippen LogP contribution in [0.3, 0.4) is 0 Å². The molecule has 3 aromatic rings. The van der Waals surface area contributed by atoms with E-state index in [1.807, 2.05) is 11.8 Å². The minimum atomic E-state index is -4.27. The molecule has 0 aliphatic carbocycles. The van der Waals surface area contributed by atoms with Crippen LogP contribution in [0.1, 0.15) is 43.1 Å². The van der Waals surface area contributed by atoms with Crippen LogP contribution in [0.2, 0.25) is 0 Å². The number of rotatable bonds is 5. The number of hydrogen-bond acceptors (Lipinski definition) is 7. The summed E-state index contributed by atoms with van der Waals surface area (Å²) >= 11 is 0. The van der Waals surface area contributed by atoms with E-state index >= 15 is 0 Å². The SMILES string of the molecule is Cc1ccc(F)cc1-c1ccc(C(=O)NS(=O)(=O)c2cccc(N)n2)c(N2CCC(C)C2(C)C)n1. The largest absolute Gasteiger partial charge is 0.384 e. The normalized spacial score (nSPS) is 17.4. The van der Waals surface area contributed by atoms with E-state index in [4.69, 9.17) is 10.7 Å². The number of aryl methyl sites for hydroxylation is 1. The fourth-order valence-corrected chi connectivity index (χ4v) is 5.21. The number of nitrogens with zero attached hydrogens (tertiary/aromatic N) is 3. The molecule has 184 valence electrons. The first-order valence-corrected chi connectivity index (χ1v) is 12.7. The maximum absolute atomic E-state index is 14.0. The Morgan fingerprint density at radius 1 is 1.17 bits per heavy atom. The van der Waals surface area contributed by atoms with Crippen LogP contribution in [0, 0.1) is 18.7 Å². The van der Waals surface area contributed by atoms with Gasteiger partial charge in [-0.3, -0.25) is 4.79 Å². The van der Waals surface area contributed by atoms with Gasteiger partial charge in [0.15, 0.2) is 5.03 Å². The van der Waals surface area contributed by atoms with Crippen molar-refractivity contribution in [2.45, 2.75) is 44.7 Å². The quantitative estimate of drug-likeness (QED) is 0.548. The van der Waals surface area contributed by atoms with Gasteiger partial charge in [-0.15, -0.1) is 0 Å². The predicted molar refractivity (Wildman–Crippen MR) is 133 cm³/mol. The van der Waals surface area contributed by atoms with Crippen molar-refractivity contribution in [2.75, 3.05) is 17.2 Å². The van der Waals surface area contributed by atoms with Crippen LogP contribution < -0.4 is 15.4 Å². The number of sulfonamides is 1. The number of pyridine rings is 2. The lowest BCUT2D eigenvalue weighted by atomic mass is 9.90. The second kappa shape index (κ2) is 8.92. The number of nitrogen functional groups attached to an aromatic ring is 1. The Kier molecular flexibility index (Phi) is 6.27. The zero-order chi connectivity index (χ0) is 25.5. The molecule has 1 fully saturated rings. The lowest BCUT2D eigenvalue weighted by Gasteiger charge is -2.36. The summed E-state index contributed by atoms with van der Waals surface area (Å²) in [6.07, 6.45) is 0.879. The van der Waals surface area contributed by atoms with Crippen molar-refractivity contribution in [3.63, 3.8) is 0 Å². The zero-order valence-electron chi connectivity index (χ0n) is 20.0. The highest BCUT2D eigenvalue weighted by molar-refractivity contribution is 7.90. The van der Waals surface area contributed by atoms with E-state index in [0.717, 1.165) is 12.0 Å². The van der Waals surface area contributed by atoms with Gasteiger partial charge in [0.1, 0.15) is 17.5 Å². The van der Waals surface area contributed by atoms with Crippen LogP contribution in [-0.2, 0) is 10.0 Å². The van der Waals surface area contributed by atoms with E-state index < -0.39 is 21.7 Å². The van der Waals surface area contributed by atoms with E-state index in [1.165, 1.54) is 36.4 Å². The average Bonchev–Trinajstić information content (AvgIpc) is 3.06. The monoisotopic (exact) mass is 497 g/mol. The Hall–Kier alpha value is -3.53. The lowest BCUT2D eigenvalue weighted by Crippen LogP contribution is -2.43. The Labute approximate surface area is 204 Å². The molecule has 1 unspecified atom stereocenters. The Bertz CT molecular complexity index is 1410. The molecule has 8 nitrogen and oxygen atoms in total. The molecule has 0 spiro atoms. The molecule has 1 aliphatic heterocycles. The van der Waals surface area contributed by atoms with E-state index in [-0.39, 0.29) is 21.9 Å². The highest BCUT2D eigenvalue weighted by Gasteiger charge is 2.41. The molecule has 1 saturated heterocycles. The van der Waals surface area contributed by atoms with Gasteiger partial charge in [-0.25, -0.2) is 19.1 Å². The van der Waals surface area contributed by atoms with Crippen molar-refractivity contribution in [3.8, 4) is 11.3 Å². The summed E-state index contributed by atoms with van der Waals surface area (Å²) < 4.78 is 41.7. The first-order valence-electron chi connectivity index (χ1n) is 11.2. The fraction of sp³-hybridized carbons (Fsp3) is 0.320. The second-order valence-corrected chi connectivity index (χ2v) is 11.0. The number of benzene rings is 1. The Morgan fingerprint density at radius 2 is 1.91 bits per heavy atom.